The fraction of sp³-hybridized carbons (Fsp3) is 0.556. The summed E-state index contributed by atoms with van der Waals surface area (Å²) in [4.78, 5) is 0. The Bertz CT molecular complexity index is 586. The Kier molecular flexibility index (Phi) is 3.84. The zero-order valence-corrected chi connectivity index (χ0v) is 12.8. The Labute approximate surface area is 121 Å². The van der Waals surface area contributed by atoms with Gasteiger partial charge in [0.15, 0.2) is 0 Å². The second-order valence-electron chi connectivity index (χ2n) is 6.49. The number of rotatable bonds is 3. The molecule has 20 heavy (non-hydrogen) atoms. The van der Waals surface area contributed by atoms with Gasteiger partial charge in [0, 0.05) is 5.39 Å². The Morgan fingerprint density at radius 1 is 1.25 bits per heavy atom. The second kappa shape index (κ2) is 5.61. The number of fused-ring (bicyclic) bond motifs is 1. The van der Waals surface area contributed by atoms with E-state index >= 15 is 0 Å². The highest BCUT2D eigenvalue weighted by molar-refractivity contribution is 5.78. The Morgan fingerprint density at radius 3 is 2.85 bits per heavy atom. The monoisotopic (exact) mass is 271 g/mol. The molecule has 2 heteroatoms. The summed E-state index contributed by atoms with van der Waals surface area (Å²) in [5, 5.41) is 4.72. The number of furan rings is 1. The molecule has 3 atom stereocenters. The number of benzene rings is 1. The molecule has 2 nitrogen and oxygen atoms in total. The molecule has 1 aliphatic rings. The normalized spacial score (nSPS) is 24.9. The summed E-state index contributed by atoms with van der Waals surface area (Å²) < 4.78 is 6.10. The molecule has 0 saturated heterocycles. The molecular weight excluding hydrogens is 246 g/mol. The molecule has 0 aliphatic heterocycles. The van der Waals surface area contributed by atoms with Crippen molar-refractivity contribution in [3.05, 3.63) is 35.6 Å². The lowest BCUT2D eigenvalue weighted by Gasteiger charge is -2.32. The van der Waals surface area contributed by atoms with E-state index in [1.54, 1.807) is 0 Å². The lowest BCUT2D eigenvalue weighted by atomic mass is 9.78. The average molecular weight is 271 g/mol. The van der Waals surface area contributed by atoms with Gasteiger partial charge >= 0.3 is 0 Å². The molecule has 3 rings (SSSR count). The predicted octanol–water partition coefficient (Wildman–Crippen LogP) is 4.83. The van der Waals surface area contributed by atoms with Gasteiger partial charge in [-0.05, 0) is 56.8 Å². The maximum Gasteiger partial charge on any atom is 0.134 e. The summed E-state index contributed by atoms with van der Waals surface area (Å²) in [6.07, 6.45) is 5.35. The van der Waals surface area contributed by atoms with Crippen molar-refractivity contribution in [2.45, 2.75) is 45.6 Å². The van der Waals surface area contributed by atoms with Gasteiger partial charge in [0.25, 0.3) is 0 Å². The first-order valence-electron chi connectivity index (χ1n) is 7.84. The third kappa shape index (κ3) is 2.62. The van der Waals surface area contributed by atoms with E-state index in [-0.39, 0.29) is 0 Å². The van der Waals surface area contributed by atoms with Crippen LogP contribution in [0.5, 0.6) is 0 Å². The molecule has 1 saturated carbocycles. The molecule has 1 aromatic carbocycles. The van der Waals surface area contributed by atoms with E-state index in [2.05, 4.69) is 50.5 Å². The SMILES string of the molecule is CNC(c1cc2cc(C)ccc2o1)C1CCCC(C)C1. The van der Waals surface area contributed by atoms with Crippen LogP contribution in [0.4, 0.5) is 0 Å². The highest BCUT2D eigenvalue weighted by atomic mass is 16.3. The van der Waals surface area contributed by atoms with Gasteiger partial charge in [-0.2, -0.15) is 0 Å². The molecule has 1 aliphatic carbocycles. The Morgan fingerprint density at radius 2 is 2.10 bits per heavy atom. The van der Waals surface area contributed by atoms with Gasteiger partial charge < -0.3 is 9.73 Å². The average Bonchev–Trinajstić information content (AvgIpc) is 2.82. The van der Waals surface area contributed by atoms with Gasteiger partial charge in [0.05, 0.1) is 6.04 Å². The van der Waals surface area contributed by atoms with Crippen LogP contribution in [0.25, 0.3) is 11.0 Å². The number of nitrogens with one attached hydrogen (secondary N) is 1. The molecule has 0 radical (unpaired) electrons. The van der Waals surface area contributed by atoms with Gasteiger partial charge in [0.2, 0.25) is 0 Å². The first-order valence-corrected chi connectivity index (χ1v) is 7.84. The van der Waals surface area contributed by atoms with Crippen LogP contribution in [0.1, 0.15) is 50.0 Å². The summed E-state index contributed by atoms with van der Waals surface area (Å²) >= 11 is 0. The van der Waals surface area contributed by atoms with Gasteiger partial charge in [-0.15, -0.1) is 0 Å². The molecule has 1 heterocycles. The van der Waals surface area contributed by atoms with Crippen LogP contribution in [0.3, 0.4) is 0 Å². The minimum atomic E-state index is 0.352. The number of aryl methyl sites for hydroxylation is 1. The second-order valence-corrected chi connectivity index (χ2v) is 6.49. The van der Waals surface area contributed by atoms with E-state index in [0.717, 1.165) is 17.3 Å². The van der Waals surface area contributed by atoms with Crippen LogP contribution in [-0.4, -0.2) is 7.05 Å². The topological polar surface area (TPSA) is 25.2 Å². The van der Waals surface area contributed by atoms with E-state index < -0.39 is 0 Å². The van der Waals surface area contributed by atoms with Crippen LogP contribution in [0.2, 0.25) is 0 Å². The predicted molar refractivity (Wildman–Crippen MR) is 83.9 cm³/mol. The summed E-state index contributed by atoms with van der Waals surface area (Å²) in [7, 11) is 2.06. The molecule has 0 amide bonds. The third-order valence-electron chi connectivity index (χ3n) is 4.76. The largest absolute Gasteiger partial charge is 0.459 e. The lowest BCUT2D eigenvalue weighted by Crippen LogP contribution is -2.28. The van der Waals surface area contributed by atoms with E-state index in [1.165, 1.54) is 36.6 Å². The Balaban J connectivity index is 1.90. The fourth-order valence-electron chi connectivity index (χ4n) is 3.73. The van der Waals surface area contributed by atoms with Crippen molar-refractivity contribution in [3.63, 3.8) is 0 Å². The van der Waals surface area contributed by atoms with Crippen LogP contribution in [0, 0.1) is 18.8 Å². The quantitative estimate of drug-likeness (QED) is 0.865. The standard InChI is InChI=1S/C18H25NO/c1-12-5-4-6-14(9-12)18(19-3)17-11-15-10-13(2)7-8-16(15)20-17/h7-8,10-12,14,18-19H,4-6,9H2,1-3H3. The van der Waals surface area contributed by atoms with E-state index in [0.29, 0.717) is 12.0 Å². The highest BCUT2D eigenvalue weighted by Crippen LogP contribution is 2.38. The first kappa shape index (κ1) is 13.7. The molecule has 1 aromatic heterocycles. The fourth-order valence-corrected chi connectivity index (χ4v) is 3.73. The molecule has 0 spiro atoms. The van der Waals surface area contributed by atoms with Crippen molar-refractivity contribution >= 4 is 11.0 Å². The van der Waals surface area contributed by atoms with E-state index in [9.17, 15) is 0 Å². The molecular formula is C18H25NO. The van der Waals surface area contributed by atoms with Crippen molar-refractivity contribution in [3.8, 4) is 0 Å². The highest BCUT2D eigenvalue weighted by Gasteiger charge is 2.28. The van der Waals surface area contributed by atoms with Crippen LogP contribution in [-0.2, 0) is 0 Å². The van der Waals surface area contributed by atoms with Gasteiger partial charge in [0.1, 0.15) is 11.3 Å². The number of hydrogen-bond acceptors (Lipinski definition) is 2. The summed E-state index contributed by atoms with van der Waals surface area (Å²) in [5.74, 6) is 2.65. The van der Waals surface area contributed by atoms with Gasteiger partial charge in [-0.1, -0.05) is 31.4 Å². The van der Waals surface area contributed by atoms with Crippen molar-refractivity contribution < 1.29 is 4.42 Å². The molecule has 108 valence electrons. The minimum absolute atomic E-state index is 0.352. The van der Waals surface area contributed by atoms with Gasteiger partial charge in [-0.3, -0.25) is 0 Å². The maximum atomic E-state index is 6.10. The summed E-state index contributed by atoms with van der Waals surface area (Å²) in [6, 6.07) is 8.99. The van der Waals surface area contributed by atoms with Crippen LogP contribution < -0.4 is 5.32 Å². The third-order valence-corrected chi connectivity index (χ3v) is 4.76. The summed E-state index contributed by atoms with van der Waals surface area (Å²) in [5.41, 5.74) is 2.30. The van der Waals surface area contributed by atoms with Crippen molar-refractivity contribution in [2.24, 2.45) is 11.8 Å². The smallest absolute Gasteiger partial charge is 0.134 e. The van der Waals surface area contributed by atoms with Crippen molar-refractivity contribution in [1.29, 1.82) is 0 Å². The molecule has 1 fully saturated rings. The van der Waals surface area contributed by atoms with E-state index in [4.69, 9.17) is 4.42 Å². The maximum absolute atomic E-state index is 6.10. The van der Waals surface area contributed by atoms with Gasteiger partial charge in [-0.25, -0.2) is 0 Å². The zero-order valence-electron chi connectivity index (χ0n) is 12.8. The summed E-state index contributed by atoms with van der Waals surface area (Å²) in [6.45, 7) is 4.51. The first-order chi connectivity index (χ1) is 9.67. The Hall–Kier alpha value is -1.28. The molecule has 3 unspecified atom stereocenters. The molecule has 0 bridgehead atoms. The van der Waals surface area contributed by atoms with Crippen molar-refractivity contribution in [2.75, 3.05) is 7.05 Å². The van der Waals surface area contributed by atoms with Crippen LogP contribution in [0.15, 0.2) is 28.7 Å². The van der Waals surface area contributed by atoms with Crippen molar-refractivity contribution in [1.82, 2.24) is 5.32 Å². The number of hydrogen-bond donors (Lipinski definition) is 1. The van der Waals surface area contributed by atoms with E-state index in [1.807, 2.05) is 0 Å². The van der Waals surface area contributed by atoms with Crippen LogP contribution >= 0.6 is 0 Å². The molecule has 2 aromatic rings. The molecule has 1 N–H and O–H groups in total. The zero-order chi connectivity index (χ0) is 14.1. The lowest BCUT2D eigenvalue weighted by molar-refractivity contribution is 0.214. The minimum Gasteiger partial charge on any atom is -0.459 e.